The molecule has 2 amide bonds. The quantitative estimate of drug-likeness (QED) is 0.558. The summed E-state index contributed by atoms with van der Waals surface area (Å²) in [6.45, 7) is 5.30. The number of carbonyl (C=O) groups excluding carboxylic acids is 2. The zero-order valence-electron chi connectivity index (χ0n) is 9.13. The fourth-order valence-electron chi connectivity index (χ4n) is 0.975. The van der Waals surface area contributed by atoms with Crippen LogP contribution in [0.1, 0.15) is 20.8 Å². The minimum atomic E-state index is -0.596. The maximum atomic E-state index is 11.3. The van der Waals surface area contributed by atoms with Gasteiger partial charge in [-0.1, -0.05) is 13.8 Å². The molecule has 2 atom stereocenters. The van der Waals surface area contributed by atoms with Gasteiger partial charge in [0.1, 0.15) is 6.04 Å². The highest BCUT2D eigenvalue weighted by atomic mass is 16.2. The standard InChI is InChI=1S/C9H19N3O2/c1-5(2)7(9(14)11-4)12-8(13)6(3)10/h5-7H,10H2,1-4H3,(H,11,14)(H,12,13)/t6-,7-/m0/s1. The molecular formula is C9H19N3O2. The van der Waals surface area contributed by atoms with Crippen LogP contribution in [0.25, 0.3) is 0 Å². The molecule has 0 heterocycles. The monoisotopic (exact) mass is 201 g/mol. The van der Waals surface area contributed by atoms with E-state index in [1.54, 1.807) is 6.92 Å². The lowest BCUT2D eigenvalue weighted by Crippen LogP contribution is -2.52. The van der Waals surface area contributed by atoms with E-state index in [2.05, 4.69) is 10.6 Å². The van der Waals surface area contributed by atoms with Crippen molar-refractivity contribution in [3.63, 3.8) is 0 Å². The van der Waals surface area contributed by atoms with Crippen LogP contribution >= 0.6 is 0 Å². The fraction of sp³-hybridized carbons (Fsp3) is 0.778. The van der Waals surface area contributed by atoms with Gasteiger partial charge < -0.3 is 16.4 Å². The van der Waals surface area contributed by atoms with Crippen LogP contribution in [-0.2, 0) is 9.59 Å². The minimum Gasteiger partial charge on any atom is -0.357 e. The number of nitrogens with one attached hydrogen (secondary N) is 2. The van der Waals surface area contributed by atoms with Crippen LogP contribution in [0.5, 0.6) is 0 Å². The number of hydrogen-bond acceptors (Lipinski definition) is 3. The Balaban J connectivity index is 4.38. The number of nitrogens with two attached hydrogens (primary N) is 1. The van der Waals surface area contributed by atoms with Crippen molar-refractivity contribution in [1.82, 2.24) is 10.6 Å². The van der Waals surface area contributed by atoms with Gasteiger partial charge in [0.2, 0.25) is 11.8 Å². The molecule has 0 fully saturated rings. The van der Waals surface area contributed by atoms with Crippen LogP contribution in [0, 0.1) is 5.92 Å². The maximum Gasteiger partial charge on any atom is 0.242 e. The van der Waals surface area contributed by atoms with E-state index in [1.165, 1.54) is 7.05 Å². The van der Waals surface area contributed by atoms with Gasteiger partial charge in [0.25, 0.3) is 0 Å². The first-order valence-electron chi connectivity index (χ1n) is 4.67. The third-order valence-electron chi connectivity index (χ3n) is 1.91. The molecule has 4 N–H and O–H groups in total. The molecule has 0 unspecified atom stereocenters. The van der Waals surface area contributed by atoms with E-state index in [4.69, 9.17) is 5.73 Å². The molecule has 82 valence electrons. The summed E-state index contributed by atoms with van der Waals surface area (Å²) in [5.74, 6) is -0.473. The van der Waals surface area contributed by atoms with Crippen LogP contribution < -0.4 is 16.4 Å². The van der Waals surface area contributed by atoms with Crippen molar-refractivity contribution in [1.29, 1.82) is 0 Å². The number of amides is 2. The second-order valence-corrected chi connectivity index (χ2v) is 3.63. The van der Waals surface area contributed by atoms with Crippen molar-refractivity contribution in [2.75, 3.05) is 7.05 Å². The summed E-state index contributed by atoms with van der Waals surface area (Å²) >= 11 is 0. The van der Waals surface area contributed by atoms with Gasteiger partial charge in [-0.3, -0.25) is 9.59 Å². The first kappa shape index (κ1) is 12.9. The second kappa shape index (κ2) is 5.59. The van der Waals surface area contributed by atoms with Crippen molar-refractivity contribution < 1.29 is 9.59 Å². The molecule has 5 nitrogen and oxygen atoms in total. The Morgan fingerprint density at radius 1 is 1.14 bits per heavy atom. The summed E-state index contributed by atoms with van der Waals surface area (Å²) in [7, 11) is 1.54. The van der Waals surface area contributed by atoms with Crippen LogP contribution in [0.4, 0.5) is 0 Å². The lowest BCUT2D eigenvalue weighted by molar-refractivity contribution is -0.130. The van der Waals surface area contributed by atoms with E-state index in [0.717, 1.165) is 0 Å². The average Bonchev–Trinajstić information content (AvgIpc) is 2.11. The molecule has 0 aliphatic carbocycles. The van der Waals surface area contributed by atoms with Crippen molar-refractivity contribution in [3.05, 3.63) is 0 Å². The predicted molar refractivity (Wildman–Crippen MR) is 54.5 cm³/mol. The van der Waals surface area contributed by atoms with Crippen LogP contribution in [-0.4, -0.2) is 30.9 Å². The summed E-state index contributed by atoms with van der Waals surface area (Å²) < 4.78 is 0. The summed E-state index contributed by atoms with van der Waals surface area (Å²) in [5, 5.41) is 5.09. The lowest BCUT2D eigenvalue weighted by atomic mass is 10.0. The van der Waals surface area contributed by atoms with Crippen molar-refractivity contribution >= 4 is 11.8 Å². The van der Waals surface area contributed by atoms with Gasteiger partial charge in [-0.15, -0.1) is 0 Å². The van der Waals surface area contributed by atoms with Gasteiger partial charge in [-0.05, 0) is 12.8 Å². The molecule has 0 spiro atoms. The Morgan fingerprint density at radius 2 is 1.64 bits per heavy atom. The van der Waals surface area contributed by atoms with E-state index in [0.29, 0.717) is 0 Å². The number of carbonyl (C=O) groups is 2. The van der Waals surface area contributed by atoms with Crippen molar-refractivity contribution in [3.8, 4) is 0 Å². The topological polar surface area (TPSA) is 84.2 Å². The molecule has 5 heteroatoms. The highest BCUT2D eigenvalue weighted by Gasteiger charge is 2.23. The highest BCUT2D eigenvalue weighted by Crippen LogP contribution is 2.01. The largest absolute Gasteiger partial charge is 0.357 e. The second-order valence-electron chi connectivity index (χ2n) is 3.63. The van der Waals surface area contributed by atoms with Gasteiger partial charge in [-0.2, -0.15) is 0 Å². The normalized spacial score (nSPS) is 14.7. The van der Waals surface area contributed by atoms with E-state index in [-0.39, 0.29) is 17.7 Å². The van der Waals surface area contributed by atoms with Crippen LogP contribution in [0.3, 0.4) is 0 Å². The average molecular weight is 201 g/mol. The first-order chi connectivity index (χ1) is 6.40. The Bertz CT molecular complexity index is 214. The van der Waals surface area contributed by atoms with Gasteiger partial charge in [0.05, 0.1) is 6.04 Å². The van der Waals surface area contributed by atoms with E-state index in [1.807, 2.05) is 13.8 Å². The Labute approximate surface area is 84.4 Å². The highest BCUT2D eigenvalue weighted by molar-refractivity contribution is 5.89. The maximum absolute atomic E-state index is 11.3. The summed E-state index contributed by atoms with van der Waals surface area (Å²) in [5.41, 5.74) is 5.38. The molecule has 0 aromatic rings. The van der Waals surface area contributed by atoms with Gasteiger partial charge in [0, 0.05) is 7.05 Å². The SMILES string of the molecule is CNC(=O)[C@@H](NC(=O)[C@H](C)N)C(C)C. The molecule has 0 aromatic carbocycles. The Kier molecular flexibility index (Phi) is 5.15. The summed E-state index contributed by atoms with van der Waals surface area (Å²) in [6, 6.07) is -1.11. The molecule has 0 saturated carbocycles. The molecule has 0 aliphatic rings. The van der Waals surface area contributed by atoms with Crippen molar-refractivity contribution in [2.45, 2.75) is 32.9 Å². The fourth-order valence-corrected chi connectivity index (χ4v) is 0.975. The van der Waals surface area contributed by atoms with E-state index < -0.39 is 12.1 Å². The van der Waals surface area contributed by atoms with E-state index in [9.17, 15) is 9.59 Å². The number of rotatable bonds is 4. The Morgan fingerprint density at radius 3 is 1.93 bits per heavy atom. The third-order valence-corrected chi connectivity index (χ3v) is 1.91. The van der Waals surface area contributed by atoms with Gasteiger partial charge in [0.15, 0.2) is 0 Å². The molecule has 0 radical (unpaired) electrons. The number of likely N-dealkylation sites (N-methyl/N-ethyl adjacent to an activating group) is 1. The minimum absolute atomic E-state index is 0.0395. The predicted octanol–water partition coefficient (Wildman–Crippen LogP) is -0.780. The third kappa shape index (κ3) is 3.74. The number of hydrogen-bond donors (Lipinski definition) is 3. The molecule has 0 bridgehead atoms. The lowest BCUT2D eigenvalue weighted by Gasteiger charge is -2.21. The van der Waals surface area contributed by atoms with Crippen LogP contribution in [0.15, 0.2) is 0 Å². The summed E-state index contributed by atoms with van der Waals surface area (Å²) in [4.78, 5) is 22.6. The first-order valence-corrected chi connectivity index (χ1v) is 4.67. The smallest absolute Gasteiger partial charge is 0.242 e. The van der Waals surface area contributed by atoms with Gasteiger partial charge in [-0.25, -0.2) is 0 Å². The zero-order chi connectivity index (χ0) is 11.3. The molecule has 0 saturated heterocycles. The molecule has 14 heavy (non-hydrogen) atoms. The van der Waals surface area contributed by atoms with E-state index >= 15 is 0 Å². The van der Waals surface area contributed by atoms with Crippen LogP contribution in [0.2, 0.25) is 0 Å². The molecule has 0 aliphatic heterocycles. The van der Waals surface area contributed by atoms with Crippen molar-refractivity contribution in [2.24, 2.45) is 11.7 Å². The molecular weight excluding hydrogens is 182 g/mol. The Hall–Kier alpha value is -1.10. The summed E-state index contributed by atoms with van der Waals surface area (Å²) in [6.07, 6.45) is 0. The molecule has 0 aromatic heterocycles. The molecule has 0 rings (SSSR count). The zero-order valence-corrected chi connectivity index (χ0v) is 9.13. The van der Waals surface area contributed by atoms with Gasteiger partial charge >= 0.3 is 0 Å².